The Morgan fingerprint density at radius 2 is 2.06 bits per heavy atom. The molecule has 0 aromatic carbocycles. The molecule has 1 aromatic rings. The number of aromatic amines is 1. The summed E-state index contributed by atoms with van der Waals surface area (Å²) in [5.41, 5.74) is 3.23. The van der Waals surface area contributed by atoms with E-state index in [1.165, 1.54) is 0 Å². The Labute approximate surface area is 108 Å². The molecule has 0 saturated heterocycles. The Morgan fingerprint density at radius 1 is 1.39 bits per heavy atom. The minimum atomic E-state index is -0.0144. The number of hydrogen-bond donors (Lipinski definition) is 2. The molecule has 0 aliphatic carbocycles. The maximum absolute atomic E-state index is 11.8. The molecule has 2 N–H and O–H groups in total. The van der Waals surface area contributed by atoms with Gasteiger partial charge in [0.2, 0.25) is 5.91 Å². The molecule has 0 atom stereocenters. The number of aryl methyl sites for hydroxylation is 1. The van der Waals surface area contributed by atoms with Gasteiger partial charge in [0.05, 0.1) is 12.1 Å². The van der Waals surface area contributed by atoms with E-state index in [-0.39, 0.29) is 5.91 Å². The van der Waals surface area contributed by atoms with Gasteiger partial charge < -0.3 is 15.2 Å². The van der Waals surface area contributed by atoms with Crippen LogP contribution in [0.5, 0.6) is 0 Å². The topological polar surface area (TPSA) is 65.2 Å². The molecule has 0 fully saturated rings. The molecule has 0 unspecified atom stereocenters. The second-order valence-corrected chi connectivity index (χ2v) is 4.72. The summed E-state index contributed by atoms with van der Waals surface area (Å²) in [5.74, 6) is -0.0144. The van der Waals surface area contributed by atoms with E-state index in [2.05, 4.69) is 10.3 Å². The molecular formula is C13H21N3O2. The van der Waals surface area contributed by atoms with E-state index in [1.807, 2.05) is 32.8 Å². The van der Waals surface area contributed by atoms with E-state index in [0.717, 1.165) is 29.7 Å². The molecule has 0 aliphatic rings. The fourth-order valence-corrected chi connectivity index (χ4v) is 1.84. The van der Waals surface area contributed by atoms with Crippen LogP contribution < -0.4 is 5.32 Å². The quantitative estimate of drug-likeness (QED) is 0.730. The zero-order valence-electron chi connectivity index (χ0n) is 11.5. The number of amides is 1. The highest BCUT2D eigenvalue weighted by Gasteiger charge is 2.13. The lowest BCUT2D eigenvalue weighted by Crippen LogP contribution is -2.32. The van der Waals surface area contributed by atoms with Gasteiger partial charge in [0.1, 0.15) is 0 Å². The van der Waals surface area contributed by atoms with Gasteiger partial charge in [0.15, 0.2) is 6.29 Å². The first kappa shape index (κ1) is 14.4. The van der Waals surface area contributed by atoms with Gasteiger partial charge in [-0.1, -0.05) is 0 Å². The third-order valence-electron chi connectivity index (χ3n) is 2.97. The normalized spacial score (nSPS) is 10.7. The Bertz CT molecular complexity index is 436. The predicted octanol–water partition coefficient (Wildman–Crippen LogP) is 0.664. The van der Waals surface area contributed by atoms with Gasteiger partial charge in [-0.3, -0.25) is 9.59 Å². The van der Waals surface area contributed by atoms with Crippen LogP contribution in [0.2, 0.25) is 0 Å². The highest BCUT2D eigenvalue weighted by Crippen LogP contribution is 2.16. The largest absolute Gasteiger partial charge is 0.356 e. The summed E-state index contributed by atoms with van der Waals surface area (Å²) in [6.07, 6.45) is 1.10. The summed E-state index contributed by atoms with van der Waals surface area (Å²) < 4.78 is 0. The SMILES string of the molecule is Cc1[nH]c(C=O)c(C)c1CC(=O)NCCN(C)C. The predicted molar refractivity (Wildman–Crippen MR) is 70.9 cm³/mol. The zero-order chi connectivity index (χ0) is 13.7. The first-order valence-electron chi connectivity index (χ1n) is 6.00. The molecule has 18 heavy (non-hydrogen) atoms. The lowest BCUT2D eigenvalue weighted by molar-refractivity contribution is -0.120. The van der Waals surface area contributed by atoms with Crippen LogP contribution >= 0.6 is 0 Å². The van der Waals surface area contributed by atoms with E-state index < -0.39 is 0 Å². The molecule has 1 heterocycles. The van der Waals surface area contributed by atoms with E-state index >= 15 is 0 Å². The van der Waals surface area contributed by atoms with E-state index in [1.54, 1.807) is 0 Å². The van der Waals surface area contributed by atoms with Crippen LogP contribution in [0.25, 0.3) is 0 Å². The lowest BCUT2D eigenvalue weighted by atomic mass is 10.1. The minimum absolute atomic E-state index is 0.0144. The number of nitrogens with zero attached hydrogens (tertiary/aromatic N) is 1. The molecule has 0 saturated carbocycles. The molecule has 0 aliphatic heterocycles. The Balaban J connectivity index is 2.59. The molecule has 1 aromatic heterocycles. The first-order chi connectivity index (χ1) is 8.45. The average molecular weight is 251 g/mol. The Kier molecular flexibility index (Phi) is 5.09. The number of likely N-dealkylation sites (N-methyl/N-ethyl adjacent to an activating group) is 1. The molecule has 0 bridgehead atoms. The molecule has 5 nitrogen and oxygen atoms in total. The van der Waals surface area contributed by atoms with Crippen LogP contribution in [0.3, 0.4) is 0 Å². The van der Waals surface area contributed by atoms with Gasteiger partial charge in [-0.25, -0.2) is 0 Å². The second-order valence-electron chi connectivity index (χ2n) is 4.72. The van der Waals surface area contributed by atoms with Crippen molar-refractivity contribution in [3.63, 3.8) is 0 Å². The van der Waals surface area contributed by atoms with Crippen LogP contribution in [0.1, 0.15) is 27.3 Å². The zero-order valence-corrected chi connectivity index (χ0v) is 11.5. The summed E-state index contributed by atoms with van der Waals surface area (Å²) in [4.78, 5) is 27.5. The lowest BCUT2D eigenvalue weighted by Gasteiger charge is -2.10. The van der Waals surface area contributed by atoms with Gasteiger partial charge >= 0.3 is 0 Å². The summed E-state index contributed by atoms with van der Waals surface area (Å²) in [7, 11) is 3.92. The van der Waals surface area contributed by atoms with Gasteiger partial charge in [0.25, 0.3) is 0 Å². The highest BCUT2D eigenvalue weighted by molar-refractivity contribution is 5.82. The molecule has 0 radical (unpaired) electrons. The fraction of sp³-hybridized carbons (Fsp3) is 0.538. The second kappa shape index (κ2) is 6.35. The molecule has 100 valence electrons. The van der Waals surface area contributed by atoms with Gasteiger partial charge in [-0.2, -0.15) is 0 Å². The molecule has 1 amide bonds. The number of rotatable bonds is 6. The molecular weight excluding hydrogens is 230 g/mol. The number of carbonyl (C=O) groups is 2. The Hall–Kier alpha value is -1.62. The van der Waals surface area contributed by atoms with Crippen LogP contribution in [0, 0.1) is 13.8 Å². The van der Waals surface area contributed by atoms with Crippen molar-refractivity contribution in [2.24, 2.45) is 0 Å². The first-order valence-corrected chi connectivity index (χ1v) is 6.00. The minimum Gasteiger partial charge on any atom is -0.356 e. The van der Waals surface area contributed by atoms with Crippen LogP contribution in [0.15, 0.2) is 0 Å². The number of H-pyrrole nitrogens is 1. The molecule has 5 heteroatoms. The standard InChI is InChI=1S/C13H21N3O2/c1-9-11(10(2)15-12(9)8-17)7-13(18)14-5-6-16(3)4/h8,15H,5-7H2,1-4H3,(H,14,18). The maximum atomic E-state index is 11.8. The summed E-state index contributed by atoms with van der Waals surface area (Å²) >= 11 is 0. The fourth-order valence-electron chi connectivity index (χ4n) is 1.84. The van der Waals surface area contributed by atoms with Crippen molar-refractivity contribution in [2.45, 2.75) is 20.3 Å². The van der Waals surface area contributed by atoms with Crippen LogP contribution in [-0.4, -0.2) is 49.3 Å². The third kappa shape index (κ3) is 3.70. The van der Waals surface area contributed by atoms with E-state index in [4.69, 9.17) is 0 Å². The van der Waals surface area contributed by atoms with Crippen molar-refractivity contribution in [3.05, 3.63) is 22.5 Å². The van der Waals surface area contributed by atoms with E-state index in [0.29, 0.717) is 18.7 Å². The summed E-state index contributed by atoms with van der Waals surface area (Å²) in [6, 6.07) is 0. The number of nitrogens with one attached hydrogen (secondary N) is 2. The maximum Gasteiger partial charge on any atom is 0.224 e. The monoisotopic (exact) mass is 251 g/mol. The number of hydrogen-bond acceptors (Lipinski definition) is 3. The van der Waals surface area contributed by atoms with Crippen LogP contribution in [-0.2, 0) is 11.2 Å². The van der Waals surface area contributed by atoms with Crippen molar-refractivity contribution in [1.82, 2.24) is 15.2 Å². The summed E-state index contributed by atoms with van der Waals surface area (Å²) in [6.45, 7) is 5.18. The number of aromatic nitrogens is 1. The number of aldehydes is 1. The van der Waals surface area contributed by atoms with E-state index in [9.17, 15) is 9.59 Å². The average Bonchev–Trinajstić information content (AvgIpc) is 2.56. The van der Waals surface area contributed by atoms with Crippen molar-refractivity contribution in [3.8, 4) is 0 Å². The molecule has 1 rings (SSSR count). The van der Waals surface area contributed by atoms with Crippen molar-refractivity contribution in [2.75, 3.05) is 27.2 Å². The van der Waals surface area contributed by atoms with Gasteiger partial charge in [0, 0.05) is 18.8 Å². The summed E-state index contributed by atoms with van der Waals surface area (Å²) in [5, 5.41) is 2.86. The third-order valence-corrected chi connectivity index (χ3v) is 2.97. The smallest absolute Gasteiger partial charge is 0.224 e. The van der Waals surface area contributed by atoms with Crippen molar-refractivity contribution >= 4 is 12.2 Å². The van der Waals surface area contributed by atoms with Crippen molar-refractivity contribution < 1.29 is 9.59 Å². The van der Waals surface area contributed by atoms with Crippen molar-refractivity contribution in [1.29, 1.82) is 0 Å². The van der Waals surface area contributed by atoms with Gasteiger partial charge in [-0.15, -0.1) is 0 Å². The van der Waals surface area contributed by atoms with Crippen LogP contribution in [0.4, 0.5) is 0 Å². The van der Waals surface area contributed by atoms with Gasteiger partial charge in [-0.05, 0) is 39.1 Å². The highest BCUT2D eigenvalue weighted by atomic mass is 16.1. The molecule has 0 spiro atoms. The number of carbonyl (C=O) groups excluding carboxylic acids is 2. The Morgan fingerprint density at radius 3 is 2.56 bits per heavy atom.